The summed E-state index contributed by atoms with van der Waals surface area (Å²) in [6, 6.07) is 4.95. The fourth-order valence-corrected chi connectivity index (χ4v) is 2.33. The fourth-order valence-electron chi connectivity index (χ4n) is 1.99. The number of ether oxygens (including phenoxy) is 1. The number of likely N-dealkylation sites (N-methyl/N-ethyl adjacent to an activating group) is 1. The molecule has 0 radical (unpaired) electrons. The lowest BCUT2D eigenvalue weighted by atomic mass is 10.2. The number of hydrogen-bond donors (Lipinski definition) is 2. The van der Waals surface area contributed by atoms with Gasteiger partial charge in [0.2, 0.25) is 0 Å². The topological polar surface area (TPSA) is 61.8 Å². The predicted octanol–water partition coefficient (Wildman–Crippen LogP) is 1.06. The second-order valence-electron chi connectivity index (χ2n) is 4.55. The summed E-state index contributed by atoms with van der Waals surface area (Å²) in [5.41, 5.74) is 0.490. The monoisotopic (exact) mass is 376 g/mol. The number of carbonyl (C=O) groups excluding carboxylic acids is 1. The second-order valence-corrected chi connectivity index (χ2v) is 5.71. The van der Waals surface area contributed by atoms with E-state index in [-0.39, 0.29) is 17.8 Å². The van der Waals surface area contributed by atoms with Gasteiger partial charge in [0.25, 0.3) is 5.91 Å². The van der Waals surface area contributed by atoms with Crippen LogP contribution in [0, 0.1) is 3.57 Å². The first kappa shape index (κ1) is 14.5. The van der Waals surface area contributed by atoms with Gasteiger partial charge in [0.15, 0.2) is 0 Å². The molecular weight excluding hydrogens is 359 g/mol. The van der Waals surface area contributed by atoms with Gasteiger partial charge in [-0.2, -0.15) is 0 Å². The number of hydrogen-bond acceptors (Lipinski definition) is 4. The standard InChI is InChI=1S/C13H17IN2O3/c1-16(8-10-7-15-4-5-19-10)13(18)9-2-3-11(14)12(17)6-9/h2-3,6,10,15,17H,4-5,7-8H2,1H3. The van der Waals surface area contributed by atoms with Crippen molar-refractivity contribution in [3.8, 4) is 5.75 Å². The van der Waals surface area contributed by atoms with Crippen molar-refractivity contribution in [2.75, 3.05) is 33.3 Å². The maximum atomic E-state index is 12.2. The van der Waals surface area contributed by atoms with Crippen molar-refractivity contribution >= 4 is 28.5 Å². The summed E-state index contributed by atoms with van der Waals surface area (Å²) in [6.45, 7) is 2.84. The van der Waals surface area contributed by atoms with Gasteiger partial charge in [0, 0.05) is 32.2 Å². The van der Waals surface area contributed by atoms with Gasteiger partial charge in [-0.3, -0.25) is 4.79 Å². The Hall–Kier alpha value is -0.860. The SMILES string of the molecule is CN(CC1CNCCO1)C(=O)c1ccc(I)c(O)c1. The van der Waals surface area contributed by atoms with Crippen LogP contribution in [0.4, 0.5) is 0 Å². The third kappa shape index (κ3) is 3.80. The number of morpholine rings is 1. The van der Waals surface area contributed by atoms with Crippen molar-refractivity contribution in [2.24, 2.45) is 0 Å². The van der Waals surface area contributed by atoms with E-state index < -0.39 is 0 Å². The van der Waals surface area contributed by atoms with Crippen LogP contribution in [-0.4, -0.2) is 55.3 Å². The zero-order valence-electron chi connectivity index (χ0n) is 10.7. The van der Waals surface area contributed by atoms with E-state index in [1.54, 1.807) is 24.1 Å². The molecule has 0 aromatic heterocycles. The van der Waals surface area contributed by atoms with Gasteiger partial charge >= 0.3 is 0 Å². The van der Waals surface area contributed by atoms with Crippen LogP contribution in [0.5, 0.6) is 5.75 Å². The molecule has 1 aliphatic rings. The first-order valence-electron chi connectivity index (χ1n) is 6.14. The van der Waals surface area contributed by atoms with Gasteiger partial charge in [0.1, 0.15) is 5.75 Å². The van der Waals surface area contributed by atoms with Gasteiger partial charge < -0.3 is 20.1 Å². The van der Waals surface area contributed by atoms with Gasteiger partial charge in [-0.25, -0.2) is 0 Å². The summed E-state index contributed by atoms with van der Waals surface area (Å²) < 4.78 is 6.30. The third-order valence-corrected chi connectivity index (χ3v) is 3.93. The highest BCUT2D eigenvalue weighted by atomic mass is 127. The molecule has 0 spiro atoms. The van der Waals surface area contributed by atoms with E-state index in [9.17, 15) is 9.90 Å². The van der Waals surface area contributed by atoms with Crippen LogP contribution in [0.25, 0.3) is 0 Å². The van der Waals surface area contributed by atoms with E-state index in [1.165, 1.54) is 6.07 Å². The molecule has 2 rings (SSSR count). The van der Waals surface area contributed by atoms with Gasteiger partial charge in [-0.05, 0) is 40.8 Å². The van der Waals surface area contributed by atoms with E-state index in [2.05, 4.69) is 5.32 Å². The molecule has 6 heteroatoms. The van der Waals surface area contributed by atoms with Crippen LogP contribution in [0.15, 0.2) is 18.2 Å². The lowest BCUT2D eigenvalue weighted by molar-refractivity contribution is 0.0104. The third-order valence-electron chi connectivity index (χ3n) is 3.02. The molecule has 1 heterocycles. The summed E-state index contributed by atoms with van der Waals surface area (Å²) in [7, 11) is 1.75. The van der Waals surface area contributed by atoms with Crippen LogP contribution < -0.4 is 5.32 Å². The number of amides is 1. The Morgan fingerprint density at radius 1 is 1.63 bits per heavy atom. The molecule has 1 aliphatic heterocycles. The Labute approximate surface area is 126 Å². The van der Waals surface area contributed by atoms with Crippen LogP contribution in [0.1, 0.15) is 10.4 Å². The number of carbonyl (C=O) groups is 1. The Kier molecular flexibility index (Phi) is 5.00. The highest BCUT2D eigenvalue weighted by Crippen LogP contribution is 2.21. The Morgan fingerprint density at radius 3 is 3.05 bits per heavy atom. The molecule has 1 atom stereocenters. The number of benzene rings is 1. The molecule has 0 bridgehead atoms. The number of phenolic OH excluding ortho intramolecular Hbond substituents is 1. The van der Waals surface area contributed by atoms with E-state index in [1.807, 2.05) is 22.6 Å². The van der Waals surface area contributed by atoms with Gasteiger partial charge in [-0.15, -0.1) is 0 Å². The van der Waals surface area contributed by atoms with E-state index in [0.717, 1.165) is 16.7 Å². The molecule has 1 unspecified atom stereocenters. The van der Waals surface area contributed by atoms with Gasteiger partial charge in [-0.1, -0.05) is 0 Å². The Balaban J connectivity index is 1.99. The zero-order chi connectivity index (χ0) is 13.8. The number of nitrogens with zero attached hydrogens (tertiary/aromatic N) is 1. The molecule has 1 fully saturated rings. The average molecular weight is 376 g/mol. The summed E-state index contributed by atoms with van der Waals surface area (Å²) in [5.74, 6) is 0.0244. The van der Waals surface area contributed by atoms with Crippen molar-refractivity contribution in [2.45, 2.75) is 6.10 Å². The molecule has 104 valence electrons. The van der Waals surface area contributed by atoms with E-state index >= 15 is 0 Å². The lowest BCUT2D eigenvalue weighted by Gasteiger charge is -2.28. The smallest absolute Gasteiger partial charge is 0.253 e. The molecule has 5 nitrogen and oxygen atoms in total. The minimum Gasteiger partial charge on any atom is -0.507 e. The normalized spacial score (nSPS) is 19.2. The molecule has 1 aromatic carbocycles. The van der Waals surface area contributed by atoms with Crippen molar-refractivity contribution in [3.63, 3.8) is 0 Å². The van der Waals surface area contributed by atoms with Crippen LogP contribution in [0.3, 0.4) is 0 Å². The molecule has 19 heavy (non-hydrogen) atoms. The Bertz CT molecular complexity index is 461. The van der Waals surface area contributed by atoms with Crippen molar-refractivity contribution in [1.82, 2.24) is 10.2 Å². The highest BCUT2D eigenvalue weighted by molar-refractivity contribution is 14.1. The quantitative estimate of drug-likeness (QED) is 0.775. The van der Waals surface area contributed by atoms with Crippen molar-refractivity contribution in [3.05, 3.63) is 27.3 Å². The van der Waals surface area contributed by atoms with E-state index in [0.29, 0.717) is 18.7 Å². The van der Waals surface area contributed by atoms with Crippen LogP contribution in [-0.2, 0) is 4.74 Å². The molecule has 1 amide bonds. The largest absolute Gasteiger partial charge is 0.507 e. The fraction of sp³-hybridized carbons (Fsp3) is 0.462. The maximum Gasteiger partial charge on any atom is 0.253 e. The number of halogens is 1. The number of nitrogens with one attached hydrogen (secondary N) is 1. The summed E-state index contributed by atoms with van der Waals surface area (Å²) >= 11 is 2.02. The van der Waals surface area contributed by atoms with Crippen molar-refractivity contribution in [1.29, 1.82) is 0 Å². The zero-order valence-corrected chi connectivity index (χ0v) is 12.9. The molecule has 0 saturated carbocycles. The van der Waals surface area contributed by atoms with E-state index in [4.69, 9.17) is 4.74 Å². The number of phenols is 1. The highest BCUT2D eigenvalue weighted by Gasteiger charge is 2.20. The molecule has 1 saturated heterocycles. The van der Waals surface area contributed by atoms with Crippen molar-refractivity contribution < 1.29 is 14.6 Å². The minimum atomic E-state index is -0.110. The molecule has 1 aromatic rings. The molecule has 0 aliphatic carbocycles. The predicted molar refractivity (Wildman–Crippen MR) is 80.4 cm³/mol. The number of aromatic hydroxyl groups is 1. The van der Waals surface area contributed by atoms with Crippen LogP contribution >= 0.6 is 22.6 Å². The van der Waals surface area contributed by atoms with Gasteiger partial charge in [0.05, 0.1) is 16.3 Å². The lowest BCUT2D eigenvalue weighted by Crippen LogP contribution is -2.45. The minimum absolute atomic E-state index is 0.0279. The maximum absolute atomic E-state index is 12.2. The van der Waals surface area contributed by atoms with Crippen LogP contribution in [0.2, 0.25) is 0 Å². The first-order chi connectivity index (χ1) is 9.08. The average Bonchev–Trinajstić information content (AvgIpc) is 2.42. The summed E-state index contributed by atoms with van der Waals surface area (Å²) in [6.07, 6.45) is 0.0279. The molecule has 2 N–H and O–H groups in total. The molecular formula is C13H17IN2O3. The second kappa shape index (κ2) is 6.53. The summed E-state index contributed by atoms with van der Waals surface area (Å²) in [4.78, 5) is 13.8. The number of rotatable bonds is 3. The summed E-state index contributed by atoms with van der Waals surface area (Å²) in [5, 5.41) is 12.9. The first-order valence-corrected chi connectivity index (χ1v) is 7.22. The Morgan fingerprint density at radius 2 is 2.42 bits per heavy atom.